The number of hydrogen-bond acceptors (Lipinski definition) is 11. The minimum atomic E-state index is -1.91. The van der Waals surface area contributed by atoms with E-state index in [-0.39, 0.29) is 25.9 Å². The van der Waals surface area contributed by atoms with Crippen molar-refractivity contribution in [1.29, 1.82) is 0 Å². The number of hydrogen-bond donors (Lipinski definition) is 3. The van der Waals surface area contributed by atoms with Gasteiger partial charge in [0, 0.05) is 19.3 Å². The minimum absolute atomic E-state index is 0.0549. The van der Waals surface area contributed by atoms with Crippen LogP contribution in [0.1, 0.15) is 213 Å². The first-order valence-electron chi connectivity index (χ1n) is 26.3. The zero-order valence-corrected chi connectivity index (χ0v) is 41.9. The van der Waals surface area contributed by atoms with Gasteiger partial charge in [-0.15, -0.1) is 0 Å². The Morgan fingerprint density at radius 2 is 0.985 bits per heavy atom. The third kappa shape index (κ3) is 34.4. The maximum absolute atomic E-state index is 13.0. The first-order valence-corrected chi connectivity index (χ1v) is 26.3. The molecule has 0 aliphatic carbocycles. The number of carboxylic acid groups (broad SMARTS) is 1. The Balaban J connectivity index is 2.77. The van der Waals surface area contributed by atoms with Crippen molar-refractivity contribution in [2.24, 2.45) is 0 Å². The van der Waals surface area contributed by atoms with Gasteiger partial charge in [0.25, 0.3) is 0 Å². The maximum atomic E-state index is 13.0. The van der Waals surface area contributed by atoms with Crippen molar-refractivity contribution in [3.05, 3.63) is 60.8 Å². The average Bonchev–Trinajstić information content (AvgIpc) is 3.31. The van der Waals surface area contributed by atoms with E-state index in [1.54, 1.807) is 0 Å². The highest BCUT2D eigenvalue weighted by Crippen LogP contribution is 2.26. The summed E-state index contributed by atoms with van der Waals surface area (Å²) in [5.41, 5.74) is 0. The van der Waals surface area contributed by atoms with Crippen molar-refractivity contribution in [1.82, 2.24) is 0 Å². The summed E-state index contributed by atoms with van der Waals surface area (Å²) in [6.07, 6.45) is 39.4. The van der Waals surface area contributed by atoms with Crippen LogP contribution in [0.25, 0.3) is 0 Å². The molecule has 1 saturated heterocycles. The molecule has 1 aliphatic heterocycles. The van der Waals surface area contributed by atoms with Gasteiger partial charge in [-0.3, -0.25) is 14.4 Å². The maximum Gasteiger partial charge on any atom is 0.335 e. The lowest BCUT2D eigenvalue weighted by Crippen LogP contribution is -2.61. The second kappa shape index (κ2) is 43.7. The van der Waals surface area contributed by atoms with Crippen molar-refractivity contribution in [3.63, 3.8) is 0 Å². The Labute approximate surface area is 405 Å². The van der Waals surface area contributed by atoms with Crippen LogP contribution in [-0.4, -0.2) is 89.2 Å². The molecule has 12 nitrogen and oxygen atoms in total. The van der Waals surface area contributed by atoms with E-state index in [2.05, 4.69) is 69.4 Å². The van der Waals surface area contributed by atoms with E-state index in [0.717, 1.165) is 89.9 Å². The van der Waals surface area contributed by atoms with Crippen LogP contribution < -0.4 is 0 Å². The van der Waals surface area contributed by atoms with Gasteiger partial charge in [0.1, 0.15) is 18.8 Å². The molecule has 1 fully saturated rings. The topological polar surface area (TPSA) is 175 Å². The molecule has 0 bridgehead atoms. The van der Waals surface area contributed by atoms with Crippen LogP contribution in [0.4, 0.5) is 0 Å². The van der Waals surface area contributed by atoms with Crippen LogP contribution in [0, 0.1) is 0 Å². The molecule has 6 unspecified atom stereocenters. The number of aliphatic hydroxyl groups excluding tert-OH is 2. The number of aliphatic carboxylic acids is 1. The second-order valence-electron chi connectivity index (χ2n) is 17.8. The van der Waals surface area contributed by atoms with E-state index < -0.39 is 67.3 Å². The average molecular weight is 945 g/mol. The van der Waals surface area contributed by atoms with Gasteiger partial charge < -0.3 is 39.0 Å². The molecule has 3 N–H and O–H groups in total. The van der Waals surface area contributed by atoms with Crippen molar-refractivity contribution in [2.45, 2.75) is 250 Å². The van der Waals surface area contributed by atoms with E-state index in [4.69, 9.17) is 23.7 Å². The predicted molar refractivity (Wildman–Crippen MR) is 266 cm³/mol. The molecule has 12 heteroatoms. The first kappa shape index (κ1) is 61.4. The molecule has 67 heavy (non-hydrogen) atoms. The van der Waals surface area contributed by atoms with Gasteiger partial charge >= 0.3 is 23.9 Å². The van der Waals surface area contributed by atoms with Crippen LogP contribution in [0.15, 0.2) is 60.8 Å². The molecule has 0 aromatic heterocycles. The van der Waals surface area contributed by atoms with Gasteiger partial charge in [-0.05, 0) is 64.2 Å². The lowest BCUT2D eigenvalue weighted by Gasteiger charge is -2.40. The quantitative estimate of drug-likeness (QED) is 0.0229. The van der Waals surface area contributed by atoms with Crippen molar-refractivity contribution < 1.29 is 58.2 Å². The third-order valence-electron chi connectivity index (χ3n) is 11.6. The number of ether oxygens (including phenoxy) is 5. The lowest BCUT2D eigenvalue weighted by molar-refractivity contribution is -0.301. The van der Waals surface area contributed by atoms with Crippen molar-refractivity contribution >= 4 is 23.9 Å². The highest BCUT2D eigenvalue weighted by Gasteiger charge is 2.50. The van der Waals surface area contributed by atoms with Crippen molar-refractivity contribution in [2.75, 3.05) is 13.2 Å². The molecule has 0 radical (unpaired) electrons. The third-order valence-corrected chi connectivity index (χ3v) is 11.6. The number of carbonyl (C=O) groups excluding carboxylic acids is 3. The van der Waals surface area contributed by atoms with Gasteiger partial charge in [-0.1, -0.05) is 191 Å². The zero-order chi connectivity index (χ0) is 49.0. The van der Waals surface area contributed by atoms with Gasteiger partial charge in [0.2, 0.25) is 0 Å². The van der Waals surface area contributed by atoms with E-state index in [0.29, 0.717) is 19.3 Å². The molecule has 6 atom stereocenters. The number of carboxylic acids is 1. The smallest absolute Gasteiger partial charge is 0.335 e. The molecular weight excluding hydrogens is 853 g/mol. The normalized spacial score (nSPS) is 19.3. The van der Waals surface area contributed by atoms with Gasteiger partial charge in [-0.2, -0.15) is 0 Å². The molecule has 0 spiro atoms. The summed E-state index contributed by atoms with van der Waals surface area (Å²) in [6.45, 7) is 5.73. The molecular formula is C55H92O12. The monoisotopic (exact) mass is 945 g/mol. The van der Waals surface area contributed by atoms with Crippen LogP contribution in [0.2, 0.25) is 0 Å². The summed E-state index contributed by atoms with van der Waals surface area (Å²) in [4.78, 5) is 50.7. The highest BCUT2D eigenvalue weighted by atomic mass is 16.7. The van der Waals surface area contributed by atoms with E-state index in [1.807, 2.05) is 12.2 Å². The number of aliphatic hydroxyl groups is 2. The van der Waals surface area contributed by atoms with Crippen molar-refractivity contribution in [3.8, 4) is 0 Å². The van der Waals surface area contributed by atoms with Crippen LogP contribution >= 0.6 is 0 Å². The van der Waals surface area contributed by atoms with Gasteiger partial charge in [-0.25, -0.2) is 4.79 Å². The predicted octanol–water partition coefficient (Wildman–Crippen LogP) is 12.4. The second-order valence-corrected chi connectivity index (χ2v) is 17.8. The number of carbonyl (C=O) groups is 4. The SMILES string of the molecule is CC/C=C\C/C=C\C/C=C\C/C=C\CCC(=O)OCC(COC1OC(C(=O)O)C(O)C(O)C1OC(=O)CCCCCCCCCCCCCCC)OC(=O)CCCCCCC/C=C\CCCC. The largest absolute Gasteiger partial charge is 0.479 e. The molecule has 384 valence electrons. The van der Waals surface area contributed by atoms with Crippen LogP contribution in [0.3, 0.4) is 0 Å². The summed E-state index contributed by atoms with van der Waals surface area (Å²) in [5, 5.41) is 31.3. The summed E-state index contributed by atoms with van der Waals surface area (Å²) in [7, 11) is 0. The number of esters is 3. The molecule has 0 saturated carbocycles. The summed E-state index contributed by atoms with van der Waals surface area (Å²) in [6, 6.07) is 0. The number of allylic oxidation sites excluding steroid dienone is 10. The Morgan fingerprint density at radius 3 is 1.54 bits per heavy atom. The summed E-state index contributed by atoms with van der Waals surface area (Å²) >= 11 is 0. The minimum Gasteiger partial charge on any atom is -0.479 e. The van der Waals surface area contributed by atoms with E-state index >= 15 is 0 Å². The fraction of sp³-hybridized carbons (Fsp3) is 0.745. The fourth-order valence-corrected chi connectivity index (χ4v) is 7.54. The Hall–Kier alpha value is -3.58. The Bertz CT molecular complexity index is 1400. The number of rotatable bonds is 43. The van der Waals surface area contributed by atoms with Gasteiger partial charge in [0.05, 0.1) is 6.61 Å². The first-order chi connectivity index (χ1) is 32.6. The standard InChI is InChI=1S/C55H92O12/c1-4-7-10-13-16-19-22-24-27-29-32-35-38-41-47(56)63-44-46(65-48(57)42-39-36-33-30-26-21-18-15-12-9-6-3)45-64-55-53(51(60)50(59)52(67-55)54(61)62)66-49(58)43-40-37-34-31-28-25-23-20-17-14-11-8-5-2/h7,10,15-16,18-19,24,27,32,35,46,50-53,55,59-60H,4-6,8-9,11-14,17,20-23,25-26,28-31,33-34,36-45H2,1-3H3,(H,61,62)/b10-7-,18-15-,19-16-,27-24-,35-32-. The van der Waals surface area contributed by atoms with Gasteiger partial charge in [0.15, 0.2) is 24.6 Å². The van der Waals surface area contributed by atoms with Crippen LogP contribution in [-0.2, 0) is 42.9 Å². The number of unbranched alkanes of at least 4 members (excludes halogenated alkanes) is 19. The highest BCUT2D eigenvalue weighted by molar-refractivity contribution is 5.74. The van der Waals surface area contributed by atoms with Crippen LogP contribution in [0.5, 0.6) is 0 Å². The Morgan fingerprint density at radius 1 is 0.507 bits per heavy atom. The molecule has 1 aliphatic rings. The molecule has 0 amide bonds. The molecule has 0 aromatic rings. The Kier molecular flexibility index (Phi) is 40.1. The fourth-order valence-electron chi connectivity index (χ4n) is 7.54. The van der Waals surface area contributed by atoms with E-state index in [9.17, 15) is 34.5 Å². The summed E-state index contributed by atoms with van der Waals surface area (Å²) in [5.74, 6) is -3.24. The van der Waals surface area contributed by atoms with E-state index in [1.165, 1.54) is 64.2 Å². The zero-order valence-electron chi connectivity index (χ0n) is 41.9. The lowest BCUT2D eigenvalue weighted by atomic mass is 9.98. The molecule has 1 rings (SSSR count). The summed E-state index contributed by atoms with van der Waals surface area (Å²) < 4.78 is 28.2. The molecule has 1 heterocycles. The molecule has 0 aromatic carbocycles.